The van der Waals surface area contributed by atoms with E-state index in [1.165, 1.54) is 0 Å². The van der Waals surface area contributed by atoms with Crippen LogP contribution in [0.3, 0.4) is 0 Å². The molecule has 0 radical (unpaired) electrons. The van der Waals surface area contributed by atoms with Crippen molar-refractivity contribution in [1.29, 1.82) is 0 Å². The van der Waals surface area contributed by atoms with Gasteiger partial charge in [-0.25, -0.2) is 9.80 Å². The molecule has 1 N–H and O–H groups in total. The van der Waals surface area contributed by atoms with Gasteiger partial charge in [0.15, 0.2) is 0 Å². The first-order valence-electron chi connectivity index (χ1n) is 4.31. The van der Waals surface area contributed by atoms with Gasteiger partial charge in [-0.15, -0.1) is 0 Å². The van der Waals surface area contributed by atoms with Gasteiger partial charge in [-0.05, 0) is 0 Å². The zero-order valence-electron chi connectivity index (χ0n) is 7.86. The molecule has 0 bridgehead atoms. The number of nitrogens with zero attached hydrogens (tertiary/aromatic N) is 2. The first kappa shape index (κ1) is 10.2. The SMILES string of the molecule is O=C1C=CC(=O)N1C(O)N1C(=O)C=CC1=O. The fourth-order valence-electron chi connectivity index (χ4n) is 1.39. The lowest BCUT2D eigenvalue weighted by atomic mass is 10.5. The Balaban J connectivity index is 2.23. The smallest absolute Gasteiger partial charge is 0.257 e. The average Bonchev–Trinajstić information content (AvgIpc) is 2.71. The van der Waals surface area contributed by atoms with Crippen LogP contribution in [0.5, 0.6) is 0 Å². The van der Waals surface area contributed by atoms with Crippen LogP contribution in [-0.2, 0) is 19.2 Å². The molecule has 2 rings (SSSR count). The minimum Gasteiger partial charge on any atom is -0.355 e. The molecule has 0 unspecified atom stereocenters. The molecule has 0 aromatic carbocycles. The van der Waals surface area contributed by atoms with E-state index in [-0.39, 0.29) is 0 Å². The third kappa shape index (κ3) is 1.34. The molecule has 2 aliphatic heterocycles. The van der Waals surface area contributed by atoms with Crippen molar-refractivity contribution < 1.29 is 24.3 Å². The Hall–Kier alpha value is -2.28. The highest BCUT2D eigenvalue weighted by atomic mass is 16.3. The lowest BCUT2D eigenvalue weighted by molar-refractivity contribution is -0.171. The van der Waals surface area contributed by atoms with Crippen LogP contribution in [0.4, 0.5) is 0 Å². The molecular weight excluding hydrogens is 216 g/mol. The summed E-state index contributed by atoms with van der Waals surface area (Å²) in [5, 5.41) is 9.62. The summed E-state index contributed by atoms with van der Waals surface area (Å²) in [6, 6.07) is 0. The molecule has 0 aromatic heterocycles. The predicted molar refractivity (Wildman–Crippen MR) is 48.0 cm³/mol. The summed E-state index contributed by atoms with van der Waals surface area (Å²) in [4.78, 5) is 45.6. The van der Waals surface area contributed by atoms with Crippen molar-refractivity contribution in [3.63, 3.8) is 0 Å². The summed E-state index contributed by atoms with van der Waals surface area (Å²) in [6.45, 7) is 0. The molecule has 0 fully saturated rings. The van der Waals surface area contributed by atoms with Crippen LogP contribution < -0.4 is 0 Å². The molecule has 2 heterocycles. The molecule has 7 nitrogen and oxygen atoms in total. The van der Waals surface area contributed by atoms with Gasteiger partial charge in [-0.2, -0.15) is 0 Å². The van der Waals surface area contributed by atoms with Crippen molar-refractivity contribution >= 4 is 23.6 Å². The number of hydrogen-bond donors (Lipinski definition) is 1. The van der Waals surface area contributed by atoms with E-state index in [2.05, 4.69) is 0 Å². The summed E-state index contributed by atoms with van der Waals surface area (Å²) < 4.78 is 0. The first-order valence-corrected chi connectivity index (χ1v) is 4.31. The minimum absolute atomic E-state index is 0.419. The average molecular weight is 222 g/mol. The summed E-state index contributed by atoms with van der Waals surface area (Å²) in [5.41, 5.74) is 0. The normalized spacial score (nSPS) is 19.9. The van der Waals surface area contributed by atoms with Gasteiger partial charge >= 0.3 is 0 Å². The number of imide groups is 2. The molecule has 82 valence electrons. The van der Waals surface area contributed by atoms with Gasteiger partial charge in [0.2, 0.25) is 6.35 Å². The van der Waals surface area contributed by atoms with Crippen molar-refractivity contribution in [2.75, 3.05) is 0 Å². The van der Waals surface area contributed by atoms with Gasteiger partial charge in [0.1, 0.15) is 0 Å². The summed E-state index contributed by atoms with van der Waals surface area (Å²) in [5.74, 6) is -3.09. The van der Waals surface area contributed by atoms with Gasteiger partial charge in [0.25, 0.3) is 23.6 Å². The zero-order valence-corrected chi connectivity index (χ0v) is 7.86. The first-order chi connectivity index (χ1) is 7.52. The number of rotatable bonds is 2. The van der Waals surface area contributed by atoms with Crippen LogP contribution in [0.2, 0.25) is 0 Å². The minimum atomic E-state index is -1.90. The number of amides is 4. The predicted octanol–water partition coefficient (Wildman–Crippen LogP) is -1.89. The molecule has 0 aliphatic carbocycles. The third-order valence-electron chi connectivity index (χ3n) is 2.15. The van der Waals surface area contributed by atoms with E-state index in [9.17, 15) is 24.3 Å². The van der Waals surface area contributed by atoms with Gasteiger partial charge in [-0.3, -0.25) is 19.2 Å². The molecule has 7 heteroatoms. The number of carbonyl (C=O) groups excluding carboxylic acids is 4. The zero-order chi connectivity index (χ0) is 11.9. The topological polar surface area (TPSA) is 95.0 Å². The quantitative estimate of drug-likeness (QED) is 0.551. The van der Waals surface area contributed by atoms with Gasteiger partial charge in [0.05, 0.1) is 0 Å². The van der Waals surface area contributed by atoms with E-state index in [0.717, 1.165) is 24.3 Å². The van der Waals surface area contributed by atoms with E-state index >= 15 is 0 Å². The van der Waals surface area contributed by atoms with Gasteiger partial charge in [-0.1, -0.05) is 0 Å². The lowest BCUT2D eigenvalue weighted by Crippen LogP contribution is -2.53. The molecule has 0 aromatic rings. The maximum atomic E-state index is 11.2. The highest BCUT2D eigenvalue weighted by Crippen LogP contribution is 2.15. The van der Waals surface area contributed by atoms with Crippen LogP contribution in [0.25, 0.3) is 0 Å². The highest BCUT2D eigenvalue weighted by molar-refractivity contribution is 6.16. The molecule has 0 saturated heterocycles. The second kappa shape index (κ2) is 3.38. The Morgan fingerprint density at radius 2 is 1.00 bits per heavy atom. The Bertz CT molecular complexity index is 387. The lowest BCUT2D eigenvalue weighted by Gasteiger charge is -2.27. The Morgan fingerprint density at radius 1 is 0.750 bits per heavy atom. The van der Waals surface area contributed by atoms with E-state index in [1.807, 2.05) is 0 Å². The molecule has 0 spiro atoms. The van der Waals surface area contributed by atoms with Crippen LogP contribution >= 0.6 is 0 Å². The van der Waals surface area contributed by atoms with Crippen LogP contribution in [0, 0.1) is 0 Å². The number of carbonyl (C=O) groups is 4. The maximum Gasteiger partial charge on any atom is 0.257 e. The van der Waals surface area contributed by atoms with Crippen molar-refractivity contribution in [2.45, 2.75) is 6.35 Å². The second-order valence-electron chi connectivity index (χ2n) is 3.11. The standard InChI is InChI=1S/C9H6N2O5/c12-5-1-2-6(13)10(5)9(16)11-7(14)3-4-8(11)15/h1-4,9,16H. The fraction of sp³-hybridized carbons (Fsp3) is 0.111. The number of aliphatic hydroxyl groups is 1. The van der Waals surface area contributed by atoms with E-state index in [0.29, 0.717) is 9.80 Å². The van der Waals surface area contributed by atoms with Crippen molar-refractivity contribution in [2.24, 2.45) is 0 Å². The van der Waals surface area contributed by atoms with Crippen LogP contribution in [-0.4, -0.2) is 44.9 Å². The Morgan fingerprint density at radius 3 is 1.25 bits per heavy atom. The van der Waals surface area contributed by atoms with E-state index < -0.39 is 30.0 Å². The number of aliphatic hydroxyl groups excluding tert-OH is 1. The van der Waals surface area contributed by atoms with Gasteiger partial charge in [0, 0.05) is 24.3 Å². The van der Waals surface area contributed by atoms with Gasteiger partial charge < -0.3 is 5.11 Å². The monoisotopic (exact) mass is 222 g/mol. The molecular formula is C9H6N2O5. The van der Waals surface area contributed by atoms with Crippen molar-refractivity contribution in [3.05, 3.63) is 24.3 Å². The summed E-state index contributed by atoms with van der Waals surface area (Å²) in [6.07, 6.45) is 1.90. The van der Waals surface area contributed by atoms with Crippen LogP contribution in [0.15, 0.2) is 24.3 Å². The molecule has 4 amide bonds. The van der Waals surface area contributed by atoms with Crippen molar-refractivity contribution in [3.8, 4) is 0 Å². The molecule has 2 aliphatic rings. The Labute approximate surface area is 89.2 Å². The summed E-state index contributed by atoms with van der Waals surface area (Å²) >= 11 is 0. The fourth-order valence-corrected chi connectivity index (χ4v) is 1.39. The second-order valence-corrected chi connectivity index (χ2v) is 3.11. The van der Waals surface area contributed by atoms with Crippen LogP contribution in [0.1, 0.15) is 0 Å². The van der Waals surface area contributed by atoms with Crippen molar-refractivity contribution in [1.82, 2.24) is 9.80 Å². The number of hydrogen-bond acceptors (Lipinski definition) is 5. The summed E-state index contributed by atoms with van der Waals surface area (Å²) in [7, 11) is 0. The highest BCUT2D eigenvalue weighted by Gasteiger charge is 2.39. The Kier molecular flexibility index (Phi) is 2.17. The third-order valence-corrected chi connectivity index (χ3v) is 2.15. The maximum absolute atomic E-state index is 11.2. The van der Waals surface area contributed by atoms with E-state index in [4.69, 9.17) is 0 Å². The molecule has 0 atom stereocenters. The molecule has 0 saturated carbocycles. The largest absolute Gasteiger partial charge is 0.355 e. The molecule has 16 heavy (non-hydrogen) atoms. The van der Waals surface area contributed by atoms with E-state index in [1.54, 1.807) is 0 Å².